The molecule has 2 heterocycles. The minimum Gasteiger partial charge on any atom is -0.480 e. The van der Waals surface area contributed by atoms with E-state index >= 15 is 0 Å². The SMILES string of the molecule is C.CC.CCC.CCC(C)C(C)(c1cc(CC(=O)NCCCCC(C(=O)O)N(CC(=O)O)CC(=O)O)c(C)[nH]1)C(C)CC.CCC(C)C(C)(c1cc(CC(C)=O)c(C)[nH]1)C(C)CC.[Cu+2]. The number of H-pyrrole nitrogens is 2. The summed E-state index contributed by atoms with van der Waals surface area (Å²) in [5.41, 5.74) is 6.80. The van der Waals surface area contributed by atoms with Crippen molar-refractivity contribution in [3.8, 4) is 0 Å². The van der Waals surface area contributed by atoms with Crippen molar-refractivity contribution in [2.75, 3.05) is 19.6 Å². The monoisotopic (exact) mass is 954 g/mol. The third kappa shape index (κ3) is 20.8. The summed E-state index contributed by atoms with van der Waals surface area (Å²) in [4.78, 5) is 65.7. The molecule has 2 aromatic rings. The first kappa shape index (κ1) is 67.2. The fourth-order valence-electron chi connectivity index (χ4n) is 8.16. The van der Waals surface area contributed by atoms with E-state index in [4.69, 9.17) is 10.2 Å². The Morgan fingerprint density at radius 1 is 0.672 bits per heavy atom. The van der Waals surface area contributed by atoms with E-state index in [1.165, 1.54) is 25.0 Å². The molecule has 2 rings (SSSR count). The summed E-state index contributed by atoms with van der Waals surface area (Å²) < 4.78 is 0. The number of ketones is 1. The van der Waals surface area contributed by atoms with Crippen LogP contribution in [0.15, 0.2) is 12.1 Å². The van der Waals surface area contributed by atoms with E-state index in [2.05, 4.69) is 117 Å². The molecule has 0 aliphatic heterocycles. The number of carbonyl (C=O) groups is 5. The second-order valence-electron chi connectivity index (χ2n) is 17.6. The number of aromatic amines is 2. The van der Waals surface area contributed by atoms with Crippen LogP contribution in [-0.2, 0) is 64.7 Å². The number of nitrogens with one attached hydrogen (secondary N) is 3. The van der Waals surface area contributed by atoms with Gasteiger partial charge in [0.05, 0.1) is 19.5 Å². The second kappa shape index (κ2) is 34.0. The number of aliphatic carboxylic acids is 3. The summed E-state index contributed by atoms with van der Waals surface area (Å²) in [5.74, 6) is -1.60. The van der Waals surface area contributed by atoms with E-state index in [1.807, 2.05) is 20.8 Å². The summed E-state index contributed by atoms with van der Waals surface area (Å²) in [6, 6.07) is 3.12. The Kier molecular flexibility index (Phi) is 35.7. The fourth-order valence-corrected chi connectivity index (χ4v) is 8.16. The van der Waals surface area contributed by atoms with E-state index in [9.17, 15) is 29.1 Å². The van der Waals surface area contributed by atoms with Crippen LogP contribution >= 0.6 is 0 Å². The van der Waals surface area contributed by atoms with E-state index in [0.717, 1.165) is 46.0 Å². The summed E-state index contributed by atoms with van der Waals surface area (Å²) >= 11 is 0. The number of carbonyl (C=O) groups excluding carboxylic acids is 2. The third-order valence-electron chi connectivity index (χ3n) is 13.4. The summed E-state index contributed by atoms with van der Waals surface area (Å²) in [6.45, 7) is 35.8. The fraction of sp³-hybridized carbons (Fsp3) is 0.745. The summed E-state index contributed by atoms with van der Waals surface area (Å²) in [6.07, 6.45) is 7.44. The van der Waals surface area contributed by atoms with E-state index in [0.29, 0.717) is 49.5 Å². The van der Waals surface area contributed by atoms with Gasteiger partial charge in [0.1, 0.15) is 11.8 Å². The van der Waals surface area contributed by atoms with Gasteiger partial charge in [-0.3, -0.25) is 28.9 Å². The van der Waals surface area contributed by atoms with Crippen LogP contribution in [0.2, 0.25) is 0 Å². The van der Waals surface area contributed by atoms with Crippen molar-refractivity contribution in [3.63, 3.8) is 0 Å². The molecule has 64 heavy (non-hydrogen) atoms. The first-order valence-electron chi connectivity index (χ1n) is 23.5. The molecule has 12 nitrogen and oxygen atoms in total. The molecule has 1 amide bonds. The van der Waals surface area contributed by atoms with Crippen LogP contribution in [0, 0.1) is 37.5 Å². The molecule has 1 radical (unpaired) electrons. The number of aryl methyl sites for hydroxylation is 2. The Hall–Kier alpha value is -3.41. The number of rotatable bonds is 25. The molecule has 6 N–H and O–H groups in total. The van der Waals surface area contributed by atoms with Crippen molar-refractivity contribution in [1.29, 1.82) is 0 Å². The summed E-state index contributed by atoms with van der Waals surface area (Å²) in [7, 11) is 0. The Morgan fingerprint density at radius 2 is 1.02 bits per heavy atom. The average Bonchev–Trinajstić information content (AvgIpc) is 3.77. The Labute approximate surface area is 400 Å². The number of unbranched alkanes of at least 4 members (excludes halogenated alkanes) is 1. The standard InChI is InChI=1S/C27H45N3O7.C18H31NO.C3H8.C2H6.CH4.Cu/c1-7-17(3)27(6,18(4)8-2)22-13-20(19(5)29-22)14-23(31)28-12-10-9-11-21(26(36)37)30(15-24(32)33)16-25(34)35;1-8-12(3)18(7,13(4)9-2)17-11-16(10-14(5)20)15(6)19-17;1-3-2;1-2;;/h13,17-18,21,29H,7-12,14-16H2,1-6H3,(H,28,31)(H,32,33)(H,34,35)(H,36,37);11-13,19H,8-10H2,1-7H3;3H2,1-2H3;1-2H3;1H4;/q;;;;;+2. The maximum Gasteiger partial charge on any atom is 2.00 e. The van der Waals surface area contributed by atoms with Gasteiger partial charge in [-0.15, -0.1) is 0 Å². The minimum atomic E-state index is -1.29. The quantitative estimate of drug-likeness (QED) is 0.0415. The molecule has 0 bridgehead atoms. The second-order valence-corrected chi connectivity index (χ2v) is 17.6. The van der Waals surface area contributed by atoms with E-state index < -0.39 is 37.0 Å². The molecule has 0 aliphatic rings. The van der Waals surface area contributed by atoms with Crippen molar-refractivity contribution in [2.45, 2.75) is 206 Å². The maximum atomic E-state index is 12.6. The minimum absolute atomic E-state index is 0. The van der Waals surface area contributed by atoms with E-state index in [1.54, 1.807) is 6.92 Å². The number of amides is 1. The molecular weight excluding hydrogens is 860 g/mol. The third-order valence-corrected chi connectivity index (χ3v) is 13.4. The first-order chi connectivity index (χ1) is 28.9. The average molecular weight is 955 g/mol. The van der Waals surface area contributed by atoms with Crippen molar-refractivity contribution in [1.82, 2.24) is 20.2 Å². The van der Waals surface area contributed by atoms with Gasteiger partial charge >= 0.3 is 35.0 Å². The first-order valence-corrected chi connectivity index (χ1v) is 23.5. The normalized spacial score (nSPS) is 14.8. The Bertz CT molecular complexity index is 1600. The molecule has 0 spiro atoms. The van der Waals surface area contributed by atoms with Gasteiger partial charge in [-0.2, -0.15) is 0 Å². The zero-order valence-corrected chi connectivity index (χ0v) is 43.3. The number of hydrogen-bond donors (Lipinski definition) is 6. The van der Waals surface area contributed by atoms with Crippen molar-refractivity contribution in [3.05, 3.63) is 46.0 Å². The number of aromatic nitrogens is 2. The number of carboxylic acids is 3. The molecule has 13 heteroatoms. The molecular formula is C51H94CuN4O8+2. The predicted octanol–water partition coefficient (Wildman–Crippen LogP) is 11.3. The largest absolute Gasteiger partial charge is 2.00 e. The van der Waals surface area contributed by atoms with Crippen LogP contribution in [0.4, 0.5) is 0 Å². The molecule has 0 aromatic carbocycles. The van der Waals surface area contributed by atoms with Crippen LogP contribution in [-0.4, -0.2) is 85.5 Å². The van der Waals surface area contributed by atoms with Gasteiger partial charge in [0.25, 0.3) is 0 Å². The van der Waals surface area contributed by atoms with Crippen LogP contribution in [0.1, 0.15) is 197 Å². The molecule has 0 aliphatic carbocycles. The van der Waals surface area contributed by atoms with Crippen LogP contribution in [0.3, 0.4) is 0 Å². The van der Waals surface area contributed by atoms with E-state index in [-0.39, 0.29) is 59.9 Å². The number of hydrogen-bond acceptors (Lipinski definition) is 6. The Morgan fingerprint density at radius 3 is 1.31 bits per heavy atom. The number of Topliss-reactive ketones (excluding diaryl/α,β-unsaturated/α-hetero) is 1. The molecule has 5 atom stereocenters. The zero-order valence-electron chi connectivity index (χ0n) is 42.4. The van der Waals surface area contributed by atoms with Gasteiger partial charge in [-0.1, -0.05) is 136 Å². The zero-order chi connectivity index (χ0) is 48.5. The topological polar surface area (TPSA) is 193 Å². The van der Waals surface area contributed by atoms with Crippen molar-refractivity contribution in [2.24, 2.45) is 23.7 Å². The van der Waals surface area contributed by atoms with Gasteiger partial charge in [-0.05, 0) is 87.0 Å². The van der Waals surface area contributed by atoms with Gasteiger partial charge in [-0.25, -0.2) is 0 Å². The maximum absolute atomic E-state index is 12.6. The van der Waals surface area contributed by atoms with Gasteiger partial charge < -0.3 is 30.6 Å². The van der Waals surface area contributed by atoms with Gasteiger partial charge in [0, 0.05) is 46.6 Å². The molecule has 0 fully saturated rings. The van der Waals surface area contributed by atoms with Crippen LogP contribution < -0.4 is 5.32 Å². The molecule has 5 unspecified atom stereocenters. The van der Waals surface area contributed by atoms with Crippen LogP contribution in [0.25, 0.3) is 0 Å². The molecule has 375 valence electrons. The smallest absolute Gasteiger partial charge is 0.480 e. The predicted molar refractivity (Wildman–Crippen MR) is 261 cm³/mol. The van der Waals surface area contributed by atoms with Gasteiger partial charge in [0.2, 0.25) is 5.91 Å². The number of nitrogens with zero attached hydrogens (tertiary/aromatic N) is 1. The van der Waals surface area contributed by atoms with Gasteiger partial charge in [0.15, 0.2) is 0 Å². The van der Waals surface area contributed by atoms with Crippen molar-refractivity contribution < 1.29 is 56.4 Å². The Balaban J connectivity index is -0.000000562. The van der Waals surface area contributed by atoms with Crippen molar-refractivity contribution >= 4 is 29.6 Å². The molecule has 0 saturated heterocycles. The van der Waals surface area contributed by atoms with Crippen LogP contribution in [0.5, 0.6) is 0 Å². The molecule has 0 saturated carbocycles. The summed E-state index contributed by atoms with van der Waals surface area (Å²) in [5, 5.41) is 30.3. The number of carboxylic acid groups (broad SMARTS) is 3. The molecule has 2 aromatic heterocycles.